The average molecular weight is 411 g/mol. The van der Waals surface area contributed by atoms with Gasteiger partial charge in [-0.25, -0.2) is 0 Å². The minimum Gasteiger partial charge on any atom is -0.460 e. The summed E-state index contributed by atoms with van der Waals surface area (Å²) in [6.07, 6.45) is 1.01. The van der Waals surface area contributed by atoms with Crippen LogP contribution in [0.4, 0.5) is 0 Å². The molecule has 0 aliphatic heterocycles. The number of fused-ring (bicyclic) bond motifs is 4. The number of furan rings is 1. The molecule has 0 radical (unpaired) electrons. The summed E-state index contributed by atoms with van der Waals surface area (Å²) in [4.78, 5) is 37.9. The molecule has 0 spiro atoms. The summed E-state index contributed by atoms with van der Waals surface area (Å²) in [7, 11) is 1.37. The van der Waals surface area contributed by atoms with Gasteiger partial charge < -0.3 is 20.0 Å². The molecule has 0 unspecified atom stereocenters. The Kier molecular flexibility index (Phi) is 5.00. The highest BCUT2D eigenvalue weighted by Gasteiger charge is 2.57. The lowest BCUT2D eigenvalue weighted by atomic mass is 9.59. The Balaban J connectivity index is 0.000000503. The number of carbonyl (C=O) groups is 3. The van der Waals surface area contributed by atoms with Crippen LogP contribution in [0.3, 0.4) is 0 Å². The third-order valence-corrected chi connectivity index (χ3v) is 6.46. The number of ether oxygens (including phenoxy) is 1. The molecule has 0 bridgehead atoms. The minimum absolute atomic E-state index is 0.0147. The first kappa shape index (κ1) is 20.7. The van der Waals surface area contributed by atoms with Crippen LogP contribution < -0.4 is 5.73 Å². The van der Waals surface area contributed by atoms with E-state index in [1.54, 1.807) is 19.1 Å². The summed E-state index contributed by atoms with van der Waals surface area (Å²) in [6, 6.07) is 3.44. The lowest BCUT2D eigenvalue weighted by Gasteiger charge is -2.44. The Morgan fingerprint density at radius 1 is 1.23 bits per heavy atom. The third kappa shape index (κ3) is 2.52. The second-order valence-corrected chi connectivity index (χ2v) is 8.08. The van der Waals surface area contributed by atoms with Gasteiger partial charge in [0.15, 0.2) is 17.3 Å². The van der Waals surface area contributed by atoms with Gasteiger partial charge in [-0.05, 0) is 37.4 Å². The van der Waals surface area contributed by atoms with Gasteiger partial charge in [0.25, 0.3) is 0 Å². The molecule has 0 saturated carbocycles. The smallest absolute Gasteiger partial charge is 0.229 e. The third-order valence-electron chi connectivity index (χ3n) is 6.46. The molecular weight excluding hydrogens is 386 g/mol. The average Bonchev–Trinajstić information content (AvgIpc) is 3.36. The first-order valence-electron chi connectivity index (χ1n) is 10.1. The van der Waals surface area contributed by atoms with Crippen molar-refractivity contribution in [1.82, 2.24) is 0 Å². The Morgan fingerprint density at radius 3 is 2.57 bits per heavy atom. The highest BCUT2D eigenvalue weighted by molar-refractivity contribution is 6.18. The number of Topliss-reactive ketones (excluding diaryl/α,β-unsaturated/α-hetero) is 2. The van der Waals surface area contributed by atoms with Gasteiger partial charge in [0.05, 0.1) is 11.0 Å². The van der Waals surface area contributed by atoms with Crippen molar-refractivity contribution < 1.29 is 28.6 Å². The van der Waals surface area contributed by atoms with E-state index < -0.39 is 23.4 Å². The van der Waals surface area contributed by atoms with E-state index in [-0.39, 0.29) is 22.9 Å². The topological polar surface area (TPSA) is 120 Å². The highest BCUT2D eigenvalue weighted by Crippen LogP contribution is 2.51. The Bertz CT molecular complexity index is 1070. The largest absolute Gasteiger partial charge is 0.460 e. The highest BCUT2D eigenvalue weighted by atomic mass is 16.5. The van der Waals surface area contributed by atoms with E-state index >= 15 is 0 Å². The summed E-state index contributed by atoms with van der Waals surface area (Å²) >= 11 is 0. The quantitative estimate of drug-likeness (QED) is 0.777. The van der Waals surface area contributed by atoms with Gasteiger partial charge in [-0.3, -0.25) is 14.4 Å². The van der Waals surface area contributed by atoms with E-state index in [9.17, 15) is 19.5 Å². The van der Waals surface area contributed by atoms with Gasteiger partial charge in [0, 0.05) is 30.2 Å². The Labute approximate surface area is 174 Å². The number of carbonyl (C=O) groups excluding carboxylic acids is 3. The van der Waals surface area contributed by atoms with Crippen LogP contribution in [0.15, 0.2) is 22.8 Å². The predicted molar refractivity (Wildman–Crippen MR) is 108 cm³/mol. The molecule has 2 aromatic rings. The molecule has 3 aliphatic rings. The van der Waals surface area contributed by atoms with E-state index in [1.807, 2.05) is 0 Å². The van der Waals surface area contributed by atoms with Gasteiger partial charge in [-0.15, -0.1) is 0 Å². The molecular formula is C23H25NO6. The lowest BCUT2D eigenvalue weighted by Crippen LogP contribution is -2.56. The number of hydrogen-bond acceptors (Lipinski definition) is 7. The molecule has 0 fully saturated rings. The molecule has 0 amide bonds. The van der Waals surface area contributed by atoms with Crippen LogP contribution in [0.25, 0.3) is 0 Å². The first-order chi connectivity index (χ1) is 14.3. The molecule has 7 nitrogen and oxygen atoms in total. The predicted octanol–water partition coefficient (Wildman–Crippen LogP) is 2.19. The molecule has 30 heavy (non-hydrogen) atoms. The number of benzene rings is 1. The van der Waals surface area contributed by atoms with Crippen LogP contribution in [0.2, 0.25) is 0 Å². The molecule has 3 aliphatic carbocycles. The lowest BCUT2D eigenvalue weighted by molar-refractivity contribution is -0.0319. The van der Waals surface area contributed by atoms with Crippen molar-refractivity contribution in [3.63, 3.8) is 0 Å². The van der Waals surface area contributed by atoms with Crippen molar-refractivity contribution in [2.24, 2.45) is 5.73 Å². The zero-order valence-electron chi connectivity index (χ0n) is 17.3. The number of methoxy groups -OCH3 is 1. The van der Waals surface area contributed by atoms with Crippen LogP contribution in [-0.2, 0) is 16.6 Å². The van der Waals surface area contributed by atoms with Crippen molar-refractivity contribution in [2.75, 3.05) is 13.7 Å². The van der Waals surface area contributed by atoms with Crippen molar-refractivity contribution in [2.45, 2.75) is 50.7 Å². The fourth-order valence-corrected chi connectivity index (χ4v) is 4.85. The number of aliphatic hydroxyl groups is 1. The summed E-state index contributed by atoms with van der Waals surface area (Å²) in [5.74, 6) is -0.637. The maximum absolute atomic E-state index is 13.2. The molecule has 0 saturated heterocycles. The van der Waals surface area contributed by atoms with E-state index in [4.69, 9.17) is 14.9 Å². The fourth-order valence-electron chi connectivity index (χ4n) is 4.85. The van der Waals surface area contributed by atoms with E-state index in [1.165, 1.54) is 13.4 Å². The fraction of sp³-hybridized carbons (Fsp3) is 0.435. The zero-order valence-corrected chi connectivity index (χ0v) is 17.3. The number of aliphatic hydroxyl groups excluding tert-OH is 1. The Morgan fingerprint density at radius 2 is 1.93 bits per heavy atom. The number of ketones is 3. The van der Waals surface area contributed by atoms with Gasteiger partial charge in [0.1, 0.15) is 18.5 Å². The molecule has 5 rings (SSSR count). The molecule has 158 valence electrons. The van der Waals surface area contributed by atoms with Gasteiger partial charge in [-0.2, -0.15) is 0 Å². The van der Waals surface area contributed by atoms with E-state index in [0.717, 1.165) is 13.0 Å². The molecule has 1 aromatic heterocycles. The van der Waals surface area contributed by atoms with Crippen LogP contribution in [-0.4, -0.2) is 48.3 Å². The summed E-state index contributed by atoms with van der Waals surface area (Å²) < 4.78 is 10.8. The maximum Gasteiger partial charge on any atom is 0.229 e. The van der Waals surface area contributed by atoms with Crippen molar-refractivity contribution in [3.8, 4) is 0 Å². The first-order valence-corrected chi connectivity index (χ1v) is 10.1. The summed E-state index contributed by atoms with van der Waals surface area (Å²) in [5, 5.41) is 11.0. The second kappa shape index (κ2) is 7.27. The minimum atomic E-state index is -1.18. The maximum atomic E-state index is 13.2. The van der Waals surface area contributed by atoms with Crippen molar-refractivity contribution in [3.05, 3.63) is 57.5 Å². The number of rotatable bonds is 2. The Hall–Kier alpha value is -2.61. The molecule has 3 atom stereocenters. The number of hydrogen-bond donors (Lipinski definition) is 2. The van der Waals surface area contributed by atoms with Crippen molar-refractivity contribution in [1.29, 1.82) is 0 Å². The van der Waals surface area contributed by atoms with Crippen LogP contribution in [0, 0.1) is 0 Å². The van der Waals surface area contributed by atoms with Crippen LogP contribution >= 0.6 is 0 Å². The molecule has 1 heterocycles. The zero-order chi connectivity index (χ0) is 21.8. The number of nitrogens with two attached hydrogens (primary N) is 1. The molecule has 3 N–H and O–H groups in total. The van der Waals surface area contributed by atoms with Crippen LogP contribution in [0.5, 0.6) is 0 Å². The van der Waals surface area contributed by atoms with Gasteiger partial charge >= 0.3 is 0 Å². The van der Waals surface area contributed by atoms with Crippen LogP contribution in [0.1, 0.15) is 80.2 Å². The van der Waals surface area contributed by atoms with E-state index in [0.29, 0.717) is 40.7 Å². The second-order valence-electron chi connectivity index (χ2n) is 8.08. The standard InChI is InChI=1S/C20H16O6.C3H9N/c1-20-11-5-3-8-9(4-6-12(8)21)13(11)16(23)17-14(20)10(7-26-17)15(22)18(25-2)19(20)24;1-2-3-4/h3,5,7,18-19,24H,4,6H2,1-2H3;2-4H2,1H3/t18-,19-,20-;/m1./s1. The van der Waals surface area contributed by atoms with E-state index in [2.05, 4.69) is 6.92 Å². The van der Waals surface area contributed by atoms with Gasteiger partial charge in [0.2, 0.25) is 5.78 Å². The molecule has 1 aromatic carbocycles. The summed E-state index contributed by atoms with van der Waals surface area (Å²) in [5.41, 5.74) is 7.00. The van der Waals surface area contributed by atoms with Gasteiger partial charge in [-0.1, -0.05) is 19.1 Å². The molecule has 7 heteroatoms. The summed E-state index contributed by atoms with van der Waals surface area (Å²) in [6.45, 7) is 4.67. The normalized spacial score (nSPS) is 26.0. The van der Waals surface area contributed by atoms with Crippen molar-refractivity contribution >= 4 is 17.3 Å². The monoisotopic (exact) mass is 411 g/mol. The SMILES string of the molecule is CCCN.CO[C@@H]1C(=O)c2coc3c2[C@@](C)(c2ccc4c(c2C3=O)CCC4=O)[C@@H]1O.